The highest BCUT2D eigenvalue weighted by atomic mass is 32.2. The predicted octanol–water partition coefficient (Wildman–Crippen LogP) is 1.38. The van der Waals surface area contributed by atoms with Crippen LogP contribution in [0.25, 0.3) is 0 Å². The Hall–Kier alpha value is -1.78. The molecule has 9 nitrogen and oxygen atoms in total. The quantitative estimate of drug-likeness (QED) is 0.617. The van der Waals surface area contributed by atoms with Crippen molar-refractivity contribution in [3.05, 3.63) is 28.7 Å². The van der Waals surface area contributed by atoms with Crippen molar-refractivity contribution in [3.63, 3.8) is 0 Å². The summed E-state index contributed by atoms with van der Waals surface area (Å²) >= 11 is 0. The van der Waals surface area contributed by atoms with E-state index in [2.05, 4.69) is 23.7 Å². The minimum Gasteiger partial charge on any atom is -0.376 e. The zero-order valence-corrected chi connectivity index (χ0v) is 20.1. The fourth-order valence-corrected chi connectivity index (χ4v) is 5.66. The van der Waals surface area contributed by atoms with E-state index in [1.807, 2.05) is 0 Å². The fourth-order valence-electron chi connectivity index (χ4n) is 4.84. The number of nitrogens with zero attached hydrogens (tertiary/aromatic N) is 3. The lowest BCUT2D eigenvalue weighted by molar-refractivity contribution is -0.139. The first kappa shape index (κ1) is 24.9. The summed E-state index contributed by atoms with van der Waals surface area (Å²) in [5.41, 5.74) is -0.220. The lowest BCUT2D eigenvalue weighted by atomic mass is 9.80. The number of aromatic nitrogens is 2. The van der Waals surface area contributed by atoms with Gasteiger partial charge in [-0.1, -0.05) is 13.8 Å². The van der Waals surface area contributed by atoms with Crippen molar-refractivity contribution < 1.29 is 17.9 Å². The summed E-state index contributed by atoms with van der Waals surface area (Å²) in [5, 5.41) is 3.97. The molecule has 1 saturated carbocycles. The van der Waals surface area contributed by atoms with Crippen LogP contribution < -0.4 is 10.2 Å². The number of amides is 1. The number of likely N-dealkylation sites (tertiary alicyclic amines) is 1. The van der Waals surface area contributed by atoms with Crippen LogP contribution in [0.1, 0.15) is 52.4 Å². The topological polar surface area (TPSA) is 111 Å². The zero-order chi connectivity index (χ0) is 23.3. The van der Waals surface area contributed by atoms with Crippen LogP contribution in [0.2, 0.25) is 0 Å². The molecule has 0 radical (unpaired) electrons. The zero-order valence-electron chi connectivity index (χ0n) is 19.3. The van der Waals surface area contributed by atoms with Gasteiger partial charge in [-0.25, -0.2) is 13.1 Å². The number of carbonyl (C=O) groups is 1. The second-order valence-corrected chi connectivity index (χ2v) is 11.2. The van der Waals surface area contributed by atoms with E-state index < -0.39 is 16.1 Å². The first-order chi connectivity index (χ1) is 15.1. The van der Waals surface area contributed by atoms with Crippen LogP contribution in [0.3, 0.4) is 0 Å². The van der Waals surface area contributed by atoms with E-state index in [9.17, 15) is 18.0 Å². The predicted molar refractivity (Wildman–Crippen MR) is 122 cm³/mol. The van der Waals surface area contributed by atoms with Crippen LogP contribution in [0.5, 0.6) is 0 Å². The summed E-state index contributed by atoms with van der Waals surface area (Å²) in [4.78, 5) is 26.1. The molecule has 180 valence electrons. The van der Waals surface area contributed by atoms with Gasteiger partial charge in [0, 0.05) is 24.8 Å². The number of rotatable bonds is 8. The SMILES string of the molecule is CC(C)[C@H]1CC[C@@H](OC[C@H]2[C@@H](NS(C)(=O)=O)CCCN2C(=O)Cn2ccc(=O)cn2)CC1. The molecule has 1 aliphatic carbocycles. The summed E-state index contributed by atoms with van der Waals surface area (Å²) in [7, 11) is -3.43. The van der Waals surface area contributed by atoms with Gasteiger partial charge in [-0.05, 0) is 50.4 Å². The second-order valence-electron chi connectivity index (χ2n) is 9.47. The molecule has 0 aromatic carbocycles. The van der Waals surface area contributed by atoms with E-state index >= 15 is 0 Å². The van der Waals surface area contributed by atoms with Gasteiger partial charge >= 0.3 is 0 Å². The Bertz CT molecular complexity index is 904. The van der Waals surface area contributed by atoms with Gasteiger partial charge in [0.15, 0.2) is 5.43 Å². The van der Waals surface area contributed by atoms with Gasteiger partial charge in [-0.3, -0.25) is 14.3 Å². The van der Waals surface area contributed by atoms with Crippen LogP contribution in [-0.4, -0.2) is 66.6 Å². The molecule has 10 heteroatoms. The Morgan fingerprint density at radius 3 is 2.56 bits per heavy atom. The largest absolute Gasteiger partial charge is 0.376 e. The molecule has 32 heavy (non-hydrogen) atoms. The van der Waals surface area contributed by atoms with Crippen LogP contribution in [-0.2, 0) is 26.1 Å². The van der Waals surface area contributed by atoms with Gasteiger partial charge in [0.25, 0.3) is 0 Å². The van der Waals surface area contributed by atoms with E-state index in [1.165, 1.54) is 23.1 Å². The third-order valence-corrected chi connectivity index (χ3v) is 7.40. The number of ether oxygens (including phenoxy) is 1. The van der Waals surface area contributed by atoms with Gasteiger partial charge in [-0.15, -0.1) is 0 Å². The number of piperidine rings is 1. The number of nitrogens with one attached hydrogen (secondary N) is 1. The number of hydrogen-bond acceptors (Lipinski definition) is 6. The number of carbonyl (C=O) groups excluding carboxylic acids is 1. The van der Waals surface area contributed by atoms with Gasteiger partial charge in [-0.2, -0.15) is 5.10 Å². The number of hydrogen-bond donors (Lipinski definition) is 1. The summed E-state index contributed by atoms with van der Waals surface area (Å²) < 4.78 is 34.3. The van der Waals surface area contributed by atoms with Crippen molar-refractivity contribution >= 4 is 15.9 Å². The van der Waals surface area contributed by atoms with Crippen molar-refractivity contribution in [2.75, 3.05) is 19.4 Å². The molecule has 2 heterocycles. The van der Waals surface area contributed by atoms with Gasteiger partial charge in [0.05, 0.1) is 31.2 Å². The normalized spacial score (nSPS) is 26.9. The molecule has 0 unspecified atom stereocenters. The second kappa shape index (κ2) is 10.9. The molecule has 1 N–H and O–H groups in total. The van der Waals surface area contributed by atoms with Crippen molar-refractivity contribution in [1.29, 1.82) is 0 Å². The van der Waals surface area contributed by atoms with E-state index in [4.69, 9.17) is 4.74 Å². The molecular formula is C22H36N4O5S. The smallest absolute Gasteiger partial charge is 0.244 e. The Morgan fingerprint density at radius 1 is 1.25 bits per heavy atom. The molecule has 1 saturated heterocycles. The average molecular weight is 469 g/mol. The van der Waals surface area contributed by atoms with E-state index in [-0.39, 0.29) is 30.0 Å². The molecule has 3 rings (SSSR count). The average Bonchev–Trinajstić information content (AvgIpc) is 2.73. The maximum Gasteiger partial charge on any atom is 0.244 e. The maximum atomic E-state index is 13.1. The molecule has 1 aliphatic heterocycles. The minimum atomic E-state index is -3.43. The van der Waals surface area contributed by atoms with Crippen molar-refractivity contribution in [3.8, 4) is 0 Å². The summed E-state index contributed by atoms with van der Waals surface area (Å²) in [5.74, 6) is 1.23. The van der Waals surface area contributed by atoms with E-state index in [0.717, 1.165) is 37.9 Å². The minimum absolute atomic E-state index is 0.0120. The maximum absolute atomic E-state index is 13.1. The first-order valence-corrected chi connectivity index (χ1v) is 13.4. The van der Waals surface area contributed by atoms with Crippen molar-refractivity contribution in [2.24, 2.45) is 11.8 Å². The summed E-state index contributed by atoms with van der Waals surface area (Å²) in [6.07, 6.45) is 9.56. The molecule has 1 amide bonds. The lowest BCUT2D eigenvalue weighted by Gasteiger charge is -2.42. The molecule has 0 bridgehead atoms. The monoisotopic (exact) mass is 468 g/mol. The van der Waals surface area contributed by atoms with E-state index in [0.29, 0.717) is 31.9 Å². The van der Waals surface area contributed by atoms with Crippen molar-refractivity contribution in [2.45, 2.75) is 77.1 Å². The van der Waals surface area contributed by atoms with Gasteiger partial charge < -0.3 is 9.64 Å². The third-order valence-electron chi connectivity index (χ3n) is 6.67. The van der Waals surface area contributed by atoms with Crippen LogP contribution in [0, 0.1) is 11.8 Å². The van der Waals surface area contributed by atoms with E-state index in [1.54, 1.807) is 4.90 Å². The highest BCUT2D eigenvalue weighted by molar-refractivity contribution is 7.88. The lowest BCUT2D eigenvalue weighted by Crippen LogP contribution is -2.59. The Morgan fingerprint density at radius 2 is 1.97 bits per heavy atom. The highest BCUT2D eigenvalue weighted by Gasteiger charge is 2.37. The molecule has 2 fully saturated rings. The van der Waals surface area contributed by atoms with Crippen LogP contribution in [0.4, 0.5) is 0 Å². The third kappa shape index (κ3) is 7.11. The summed E-state index contributed by atoms with van der Waals surface area (Å²) in [6, 6.07) is 0.586. The highest BCUT2D eigenvalue weighted by Crippen LogP contribution is 2.31. The summed E-state index contributed by atoms with van der Waals surface area (Å²) in [6.45, 7) is 5.34. The molecule has 2 atom stereocenters. The standard InChI is InChI=1S/C22H36N4O5S/c1-16(2)17-6-8-19(9-7-17)31-15-21-20(24-32(3,29)30)5-4-11-26(21)22(28)14-25-12-10-18(27)13-23-25/h10,12-13,16-17,19-21,24H,4-9,11,14-15H2,1-3H3/t17-,19+,20-,21-/m0/s1. The van der Waals surface area contributed by atoms with Crippen molar-refractivity contribution in [1.82, 2.24) is 19.4 Å². The number of sulfonamides is 1. The van der Waals surface area contributed by atoms with Crippen LogP contribution in [0.15, 0.2) is 23.3 Å². The Labute approximate surface area is 190 Å². The molecule has 1 aromatic rings. The molecule has 1 aromatic heterocycles. The van der Waals surface area contributed by atoms with Gasteiger partial charge in [0.2, 0.25) is 15.9 Å². The molecular weight excluding hydrogens is 432 g/mol. The Balaban J connectivity index is 1.68. The Kier molecular flexibility index (Phi) is 8.46. The molecule has 0 spiro atoms. The fraction of sp³-hybridized carbons (Fsp3) is 0.773. The van der Waals surface area contributed by atoms with Gasteiger partial charge in [0.1, 0.15) is 6.54 Å². The van der Waals surface area contributed by atoms with Crippen LogP contribution >= 0.6 is 0 Å². The first-order valence-electron chi connectivity index (χ1n) is 11.5. The molecule has 2 aliphatic rings.